The van der Waals surface area contributed by atoms with Gasteiger partial charge in [-0.2, -0.15) is 0 Å². The predicted octanol–water partition coefficient (Wildman–Crippen LogP) is 2.64. The van der Waals surface area contributed by atoms with Gasteiger partial charge in [0, 0.05) is 17.3 Å². The van der Waals surface area contributed by atoms with Crippen LogP contribution in [0.3, 0.4) is 0 Å². The number of carbonyl (C=O) groups excluding carboxylic acids is 1. The van der Waals surface area contributed by atoms with Crippen molar-refractivity contribution in [2.45, 2.75) is 0 Å². The number of phenols is 1. The molecule has 0 aliphatic rings. The van der Waals surface area contributed by atoms with Crippen molar-refractivity contribution in [1.29, 1.82) is 0 Å². The van der Waals surface area contributed by atoms with Crippen molar-refractivity contribution in [2.75, 3.05) is 5.32 Å². The third-order valence-electron chi connectivity index (χ3n) is 2.32. The van der Waals surface area contributed by atoms with Crippen LogP contribution in [0.25, 0.3) is 0 Å². The molecule has 0 bridgehead atoms. The molecule has 0 fully saturated rings. The lowest BCUT2D eigenvalue weighted by Crippen LogP contribution is -2.14. The van der Waals surface area contributed by atoms with Gasteiger partial charge < -0.3 is 15.4 Å². The number of aromatic hydroxyl groups is 1. The van der Waals surface area contributed by atoms with Gasteiger partial charge >= 0.3 is 0 Å². The number of rotatable bonds is 2. The van der Waals surface area contributed by atoms with Gasteiger partial charge in [-0.1, -0.05) is 23.2 Å². The Balaban J connectivity index is 2.29. The highest BCUT2D eigenvalue weighted by Gasteiger charge is 2.12. The molecule has 3 N–H and O–H groups in total. The smallest absolute Gasteiger partial charge is 0.257 e. The first-order chi connectivity index (χ1) is 8.97. The highest BCUT2D eigenvalue weighted by atomic mass is 35.5. The summed E-state index contributed by atoms with van der Waals surface area (Å²) in [6, 6.07) is 5.30. The number of aromatic nitrogens is 1. The number of halogens is 2. The van der Waals surface area contributed by atoms with Crippen LogP contribution in [0.1, 0.15) is 10.4 Å². The first-order valence-electron chi connectivity index (χ1n) is 5.15. The highest BCUT2D eigenvalue weighted by Crippen LogP contribution is 2.35. The second-order valence-electron chi connectivity index (χ2n) is 3.68. The number of nitrogens with one attached hydrogen (secondary N) is 2. The molecule has 0 unspecified atom stereocenters. The highest BCUT2D eigenvalue weighted by molar-refractivity contribution is 6.36. The van der Waals surface area contributed by atoms with E-state index < -0.39 is 5.91 Å². The van der Waals surface area contributed by atoms with Crippen LogP contribution in [0.4, 0.5) is 5.69 Å². The summed E-state index contributed by atoms with van der Waals surface area (Å²) in [5, 5.41) is 12.5. The van der Waals surface area contributed by atoms with Crippen LogP contribution in [-0.2, 0) is 0 Å². The molecule has 7 heteroatoms. The van der Waals surface area contributed by atoms with Crippen LogP contribution >= 0.6 is 23.2 Å². The summed E-state index contributed by atoms with van der Waals surface area (Å²) in [5.74, 6) is -0.784. The van der Waals surface area contributed by atoms with E-state index in [4.69, 9.17) is 23.2 Å². The number of hydrogen-bond acceptors (Lipinski definition) is 3. The minimum Gasteiger partial charge on any atom is -0.504 e. The standard InChI is InChI=1S/C12H8Cl2N2O3/c13-7-3-8(14)11(18)9(4-7)16-12(19)6-1-2-10(17)15-5-6/h1-5,18H,(H,15,17)(H,16,19). The molecular weight excluding hydrogens is 291 g/mol. The fraction of sp³-hybridized carbons (Fsp3) is 0. The SMILES string of the molecule is O=C(Nc1cc(Cl)cc(Cl)c1O)c1ccc(=O)[nH]c1. The number of anilines is 1. The molecule has 2 rings (SSSR count). The van der Waals surface area contributed by atoms with E-state index in [-0.39, 0.29) is 32.6 Å². The number of aromatic amines is 1. The zero-order valence-corrected chi connectivity index (χ0v) is 10.9. The lowest BCUT2D eigenvalue weighted by Gasteiger charge is -2.09. The van der Waals surface area contributed by atoms with Crippen LogP contribution < -0.4 is 10.9 Å². The van der Waals surface area contributed by atoms with Gasteiger partial charge in [0.05, 0.1) is 16.3 Å². The summed E-state index contributed by atoms with van der Waals surface area (Å²) in [5.41, 5.74) is 0.00833. The van der Waals surface area contributed by atoms with Gasteiger partial charge in [-0.25, -0.2) is 0 Å². The van der Waals surface area contributed by atoms with Gasteiger partial charge in [-0.15, -0.1) is 0 Å². The van der Waals surface area contributed by atoms with Crippen molar-refractivity contribution in [3.8, 4) is 5.75 Å². The van der Waals surface area contributed by atoms with E-state index in [0.29, 0.717) is 0 Å². The molecule has 98 valence electrons. The Bertz CT molecular complexity index is 677. The van der Waals surface area contributed by atoms with E-state index in [0.717, 1.165) is 0 Å². The Morgan fingerprint density at radius 2 is 2.00 bits per heavy atom. The van der Waals surface area contributed by atoms with Crippen LogP contribution in [-0.4, -0.2) is 16.0 Å². The monoisotopic (exact) mass is 298 g/mol. The Morgan fingerprint density at radius 1 is 1.26 bits per heavy atom. The lowest BCUT2D eigenvalue weighted by molar-refractivity contribution is 0.102. The van der Waals surface area contributed by atoms with Gasteiger partial charge in [0.25, 0.3) is 5.91 Å². The summed E-state index contributed by atoms with van der Waals surface area (Å²) in [6.45, 7) is 0. The fourth-order valence-electron chi connectivity index (χ4n) is 1.41. The Hall–Kier alpha value is -1.98. The van der Waals surface area contributed by atoms with E-state index in [9.17, 15) is 14.7 Å². The molecule has 0 spiro atoms. The topological polar surface area (TPSA) is 82.2 Å². The predicted molar refractivity (Wildman–Crippen MR) is 73.1 cm³/mol. The van der Waals surface area contributed by atoms with Gasteiger partial charge in [-0.05, 0) is 18.2 Å². The number of amides is 1. The number of H-pyrrole nitrogens is 1. The van der Waals surface area contributed by atoms with Gasteiger partial charge in [0.1, 0.15) is 0 Å². The van der Waals surface area contributed by atoms with Crippen LogP contribution in [0.15, 0.2) is 35.3 Å². The molecule has 1 heterocycles. The van der Waals surface area contributed by atoms with Crippen LogP contribution in [0.2, 0.25) is 10.0 Å². The normalized spacial score (nSPS) is 10.2. The van der Waals surface area contributed by atoms with Crippen molar-refractivity contribution in [2.24, 2.45) is 0 Å². The molecule has 19 heavy (non-hydrogen) atoms. The molecule has 0 atom stereocenters. The van der Waals surface area contributed by atoms with E-state index in [2.05, 4.69) is 10.3 Å². The molecule has 0 saturated heterocycles. The van der Waals surface area contributed by atoms with Crippen molar-refractivity contribution >= 4 is 34.8 Å². The zero-order chi connectivity index (χ0) is 14.0. The maximum Gasteiger partial charge on any atom is 0.257 e. The third-order valence-corrected chi connectivity index (χ3v) is 2.83. The Labute approximate surface area is 117 Å². The molecule has 1 aromatic heterocycles. The Kier molecular flexibility index (Phi) is 3.78. The lowest BCUT2D eigenvalue weighted by atomic mass is 10.2. The quantitative estimate of drug-likeness (QED) is 0.745. The van der Waals surface area contributed by atoms with Crippen LogP contribution in [0, 0.1) is 0 Å². The van der Waals surface area contributed by atoms with E-state index >= 15 is 0 Å². The number of carbonyl (C=O) groups is 1. The van der Waals surface area contributed by atoms with E-state index in [1.54, 1.807) is 0 Å². The Morgan fingerprint density at radius 3 is 2.63 bits per heavy atom. The first kappa shape index (κ1) is 13.5. The summed E-state index contributed by atoms with van der Waals surface area (Å²) in [6.07, 6.45) is 1.26. The summed E-state index contributed by atoms with van der Waals surface area (Å²) in [7, 11) is 0. The van der Waals surface area contributed by atoms with Crippen molar-refractivity contribution in [1.82, 2.24) is 4.98 Å². The molecular formula is C12H8Cl2N2O3. The maximum absolute atomic E-state index is 11.9. The summed E-state index contributed by atoms with van der Waals surface area (Å²) >= 11 is 11.5. The van der Waals surface area contributed by atoms with Gasteiger partial charge in [0.15, 0.2) is 5.75 Å². The fourth-order valence-corrected chi connectivity index (χ4v) is 1.90. The van der Waals surface area contributed by atoms with E-state index in [1.165, 1.54) is 30.5 Å². The number of phenolic OH excluding ortho intramolecular Hbond substituents is 1. The second kappa shape index (κ2) is 5.34. The number of benzene rings is 1. The average Bonchev–Trinajstić information content (AvgIpc) is 2.36. The van der Waals surface area contributed by atoms with Gasteiger partial charge in [0.2, 0.25) is 5.56 Å². The van der Waals surface area contributed by atoms with Crippen molar-refractivity contribution < 1.29 is 9.90 Å². The molecule has 1 aromatic carbocycles. The summed E-state index contributed by atoms with van der Waals surface area (Å²) < 4.78 is 0. The maximum atomic E-state index is 11.9. The number of pyridine rings is 1. The zero-order valence-electron chi connectivity index (χ0n) is 9.41. The van der Waals surface area contributed by atoms with Crippen molar-refractivity contribution in [3.63, 3.8) is 0 Å². The average molecular weight is 299 g/mol. The molecule has 0 radical (unpaired) electrons. The molecule has 0 aliphatic carbocycles. The third kappa shape index (κ3) is 3.07. The number of hydrogen-bond donors (Lipinski definition) is 3. The molecule has 0 aliphatic heterocycles. The van der Waals surface area contributed by atoms with Crippen molar-refractivity contribution in [3.05, 3.63) is 56.4 Å². The largest absolute Gasteiger partial charge is 0.504 e. The minimum absolute atomic E-state index is 0.0317. The molecule has 1 amide bonds. The van der Waals surface area contributed by atoms with Crippen LogP contribution in [0.5, 0.6) is 5.75 Å². The molecule has 0 saturated carbocycles. The van der Waals surface area contributed by atoms with Gasteiger partial charge in [-0.3, -0.25) is 9.59 Å². The summed E-state index contributed by atoms with van der Waals surface area (Å²) in [4.78, 5) is 25.1. The minimum atomic E-state index is -0.509. The first-order valence-corrected chi connectivity index (χ1v) is 5.91. The molecule has 5 nitrogen and oxygen atoms in total. The van der Waals surface area contributed by atoms with E-state index in [1.807, 2.05) is 0 Å². The molecule has 2 aromatic rings. The second-order valence-corrected chi connectivity index (χ2v) is 4.52.